The highest BCUT2D eigenvalue weighted by Gasteiger charge is 2.43. The van der Waals surface area contributed by atoms with Crippen LogP contribution in [0.4, 0.5) is 0 Å². The number of aromatic hydroxyl groups is 1. The van der Waals surface area contributed by atoms with E-state index in [2.05, 4.69) is 126 Å². The lowest BCUT2D eigenvalue weighted by Crippen LogP contribution is -2.29. The highest BCUT2D eigenvalue weighted by Crippen LogP contribution is 2.54. The minimum Gasteiger partial charge on any atom is -0.507 e. The van der Waals surface area contributed by atoms with E-state index in [1.165, 1.54) is 40.7 Å². The molecule has 208 valence electrons. The molecule has 1 heteroatoms. The first-order valence-electron chi connectivity index (χ1n) is 14.9. The molecule has 4 unspecified atom stereocenters. The second-order valence-electron chi connectivity index (χ2n) is 16.6. The quantitative estimate of drug-likeness (QED) is 0.404. The van der Waals surface area contributed by atoms with E-state index in [1.54, 1.807) is 0 Å². The van der Waals surface area contributed by atoms with Crippen molar-refractivity contribution in [2.24, 2.45) is 17.8 Å². The van der Waals surface area contributed by atoms with E-state index in [0.29, 0.717) is 29.4 Å². The van der Waals surface area contributed by atoms with Gasteiger partial charge in [-0.1, -0.05) is 120 Å². The number of hydrogen-bond donors (Lipinski definition) is 1. The lowest BCUT2D eigenvalue weighted by molar-refractivity contribution is 0.395. The molecule has 0 amide bonds. The first-order chi connectivity index (χ1) is 17.2. The van der Waals surface area contributed by atoms with Crippen LogP contribution in [0.15, 0.2) is 36.4 Å². The Balaban J connectivity index is 2.07. The van der Waals surface area contributed by atoms with Crippen LogP contribution in [0.5, 0.6) is 5.75 Å². The highest BCUT2D eigenvalue weighted by atomic mass is 16.3. The first kappa shape index (κ1) is 29.0. The monoisotopic (exact) mass is 514 g/mol. The van der Waals surface area contributed by atoms with E-state index in [9.17, 15) is 5.11 Å². The summed E-state index contributed by atoms with van der Waals surface area (Å²) in [4.78, 5) is 0. The zero-order chi connectivity index (χ0) is 28.6. The lowest BCUT2D eigenvalue weighted by Gasteiger charge is -2.39. The molecule has 0 aliphatic heterocycles. The summed E-state index contributed by atoms with van der Waals surface area (Å²) < 4.78 is 0. The van der Waals surface area contributed by atoms with Crippen molar-refractivity contribution in [2.75, 3.05) is 0 Å². The Bertz CT molecular complexity index is 1190. The van der Waals surface area contributed by atoms with E-state index in [4.69, 9.17) is 0 Å². The molecule has 4 rings (SSSR count). The summed E-state index contributed by atoms with van der Waals surface area (Å²) >= 11 is 0. The van der Waals surface area contributed by atoms with Gasteiger partial charge < -0.3 is 5.11 Å². The number of phenols is 1. The topological polar surface area (TPSA) is 20.2 Å². The standard InChI is InChI=1S/C37H54O/c1-22-16-25(21-30(33(22)38)36(8,9)10)31(27-18-23-14-15-24(27)17-23)26-19-28(34(2,3)4)32(37(11,12)13)29(20-26)35(5,6)7/h14-16,19-21,23-24,27,31,38H,17-18H2,1-13H3. The summed E-state index contributed by atoms with van der Waals surface area (Å²) in [6.07, 6.45) is 7.52. The maximum absolute atomic E-state index is 11.1. The van der Waals surface area contributed by atoms with Crippen LogP contribution in [0.25, 0.3) is 0 Å². The van der Waals surface area contributed by atoms with Gasteiger partial charge in [0.05, 0.1) is 0 Å². The Morgan fingerprint density at radius 3 is 1.50 bits per heavy atom. The number of rotatable bonds is 3. The van der Waals surface area contributed by atoms with Crippen molar-refractivity contribution in [2.45, 2.75) is 130 Å². The highest BCUT2D eigenvalue weighted by molar-refractivity contribution is 5.54. The molecular formula is C37H54O. The number of phenolic OH excluding ortho intramolecular Hbond substituents is 1. The zero-order valence-corrected chi connectivity index (χ0v) is 26.6. The van der Waals surface area contributed by atoms with Crippen molar-refractivity contribution in [1.29, 1.82) is 0 Å². The maximum atomic E-state index is 11.1. The van der Waals surface area contributed by atoms with Crippen molar-refractivity contribution >= 4 is 0 Å². The second kappa shape index (κ2) is 9.28. The molecule has 1 N–H and O–H groups in total. The summed E-state index contributed by atoms with van der Waals surface area (Å²) in [5.41, 5.74) is 9.41. The van der Waals surface area contributed by atoms with E-state index in [0.717, 1.165) is 11.1 Å². The summed E-state index contributed by atoms with van der Waals surface area (Å²) in [5.74, 6) is 2.71. The molecule has 0 saturated heterocycles. The Morgan fingerprint density at radius 1 is 0.632 bits per heavy atom. The van der Waals surface area contributed by atoms with Crippen molar-refractivity contribution in [3.05, 3.63) is 75.4 Å². The van der Waals surface area contributed by atoms with Crippen molar-refractivity contribution < 1.29 is 5.11 Å². The Hall–Kier alpha value is -2.02. The summed E-state index contributed by atoms with van der Waals surface area (Å²) in [6.45, 7) is 30.1. The van der Waals surface area contributed by atoms with Gasteiger partial charge in [0.25, 0.3) is 0 Å². The van der Waals surface area contributed by atoms with Crippen molar-refractivity contribution in [3.8, 4) is 5.75 Å². The Morgan fingerprint density at radius 2 is 1.11 bits per heavy atom. The molecule has 2 aromatic carbocycles. The largest absolute Gasteiger partial charge is 0.507 e. The molecule has 2 bridgehead atoms. The molecule has 1 saturated carbocycles. The summed E-state index contributed by atoms with van der Waals surface area (Å²) in [7, 11) is 0. The fourth-order valence-electron chi connectivity index (χ4n) is 7.29. The molecule has 0 aromatic heterocycles. The predicted octanol–water partition coefficient (Wildman–Crippen LogP) is 10.2. The third-order valence-electron chi connectivity index (χ3n) is 9.13. The average molecular weight is 515 g/mol. The van der Waals surface area contributed by atoms with Gasteiger partial charge in [-0.2, -0.15) is 0 Å². The molecule has 4 atom stereocenters. The molecule has 1 nitrogen and oxygen atoms in total. The number of benzene rings is 2. The number of aryl methyl sites for hydroxylation is 1. The van der Waals surface area contributed by atoms with Gasteiger partial charge in [0.15, 0.2) is 0 Å². The normalized spacial score (nSPS) is 22.8. The third-order valence-corrected chi connectivity index (χ3v) is 9.13. The minimum absolute atomic E-state index is 0.0409. The van der Waals surface area contributed by atoms with Gasteiger partial charge in [0, 0.05) is 5.92 Å². The van der Waals surface area contributed by atoms with Crippen LogP contribution in [-0.2, 0) is 21.7 Å². The van der Waals surface area contributed by atoms with Crippen LogP contribution >= 0.6 is 0 Å². The first-order valence-corrected chi connectivity index (χ1v) is 14.9. The molecule has 0 radical (unpaired) electrons. The fraction of sp³-hybridized carbons (Fsp3) is 0.622. The Labute approximate surface area is 234 Å². The smallest absolute Gasteiger partial charge is 0.122 e. The fourth-order valence-corrected chi connectivity index (χ4v) is 7.29. The zero-order valence-electron chi connectivity index (χ0n) is 26.6. The summed E-state index contributed by atoms with van der Waals surface area (Å²) in [6, 6.07) is 9.79. The molecular weight excluding hydrogens is 460 g/mol. The summed E-state index contributed by atoms with van der Waals surface area (Å²) in [5, 5.41) is 11.1. The third kappa shape index (κ3) is 5.37. The molecule has 1 fully saturated rings. The van der Waals surface area contributed by atoms with Crippen LogP contribution in [0.3, 0.4) is 0 Å². The van der Waals surface area contributed by atoms with Gasteiger partial charge >= 0.3 is 0 Å². The van der Waals surface area contributed by atoms with Crippen LogP contribution in [0, 0.1) is 24.7 Å². The second-order valence-corrected chi connectivity index (χ2v) is 16.6. The van der Waals surface area contributed by atoms with Crippen LogP contribution in [0.1, 0.15) is 141 Å². The Kier molecular flexibility index (Phi) is 7.07. The van der Waals surface area contributed by atoms with Crippen LogP contribution in [0.2, 0.25) is 0 Å². The van der Waals surface area contributed by atoms with Gasteiger partial charge in [-0.15, -0.1) is 0 Å². The lowest BCUT2D eigenvalue weighted by atomic mass is 9.65. The van der Waals surface area contributed by atoms with Crippen molar-refractivity contribution in [1.82, 2.24) is 0 Å². The van der Waals surface area contributed by atoms with Gasteiger partial charge in [-0.05, 0) is 98.1 Å². The minimum atomic E-state index is -0.118. The predicted molar refractivity (Wildman–Crippen MR) is 165 cm³/mol. The van der Waals surface area contributed by atoms with E-state index >= 15 is 0 Å². The van der Waals surface area contributed by atoms with E-state index < -0.39 is 0 Å². The molecule has 2 aromatic rings. The molecule has 2 aliphatic rings. The number of fused-ring (bicyclic) bond motifs is 2. The molecule has 38 heavy (non-hydrogen) atoms. The SMILES string of the molecule is Cc1cc(C(c2cc(C(C)(C)C)c(C(C)(C)C)c(C(C)(C)C)c2)C2CC3C=CC2C3)cc(C(C)(C)C)c1O. The van der Waals surface area contributed by atoms with Crippen LogP contribution in [-0.4, -0.2) is 5.11 Å². The van der Waals surface area contributed by atoms with Crippen LogP contribution < -0.4 is 0 Å². The molecule has 2 aliphatic carbocycles. The number of hydrogen-bond acceptors (Lipinski definition) is 1. The van der Waals surface area contributed by atoms with E-state index in [-0.39, 0.29) is 21.7 Å². The average Bonchev–Trinajstić information content (AvgIpc) is 3.36. The van der Waals surface area contributed by atoms with Gasteiger partial charge in [0.1, 0.15) is 5.75 Å². The van der Waals surface area contributed by atoms with Crippen molar-refractivity contribution in [3.63, 3.8) is 0 Å². The van der Waals surface area contributed by atoms with Gasteiger partial charge in [0.2, 0.25) is 0 Å². The number of allylic oxidation sites excluding steroid dienone is 2. The molecule has 0 heterocycles. The maximum Gasteiger partial charge on any atom is 0.122 e. The van der Waals surface area contributed by atoms with Gasteiger partial charge in [-0.25, -0.2) is 0 Å². The van der Waals surface area contributed by atoms with Gasteiger partial charge in [-0.3, -0.25) is 0 Å². The molecule has 0 spiro atoms. The van der Waals surface area contributed by atoms with E-state index in [1.807, 2.05) is 0 Å².